The number of aromatic nitrogens is 3. The first kappa shape index (κ1) is 17.6. The van der Waals surface area contributed by atoms with Crippen molar-refractivity contribution < 1.29 is 4.79 Å². The van der Waals surface area contributed by atoms with Crippen LogP contribution >= 0.6 is 11.8 Å². The van der Waals surface area contributed by atoms with Gasteiger partial charge in [0.15, 0.2) is 0 Å². The van der Waals surface area contributed by atoms with Crippen LogP contribution in [0.1, 0.15) is 49.3 Å². The molecule has 0 N–H and O–H groups in total. The molecule has 1 aromatic carbocycles. The molecule has 26 heavy (non-hydrogen) atoms. The van der Waals surface area contributed by atoms with E-state index in [2.05, 4.69) is 39.0 Å². The van der Waals surface area contributed by atoms with Crippen molar-refractivity contribution in [3.05, 3.63) is 47.5 Å². The Morgan fingerprint density at radius 2 is 2.08 bits per heavy atom. The molecule has 1 fully saturated rings. The second-order valence-electron chi connectivity index (χ2n) is 7.29. The summed E-state index contributed by atoms with van der Waals surface area (Å²) in [4.78, 5) is 15.0. The molecule has 5 nitrogen and oxygen atoms in total. The highest BCUT2D eigenvalue weighted by Gasteiger charge is 2.31. The maximum atomic E-state index is 12.9. The largest absolute Gasteiger partial charge is 0.341 e. The number of hydrogen-bond donors (Lipinski definition) is 0. The standard InChI is InChI=1S/C20H26N4OS/c1-15(26-14-16-7-3-2-4-8-16)20(25)23-11-5-9-17(13-23)19-22-21-18-10-6-12-24(18)19/h2-4,7-8,15,17H,5-6,9-14H2,1H3/t15-,17-/m1/s1. The SMILES string of the molecule is C[C@@H](SCc1ccccc1)C(=O)N1CCC[C@@H](c2nnc3n2CCC3)C1. The highest BCUT2D eigenvalue weighted by Crippen LogP contribution is 2.30. The predicted octanol–water partition coefficient (Wildman–Crippen LogP) is 3.25. The maximum absolute atomic E-state index is 12.9. The Kier molecular flexibility index (Phi) is 5.29. The van der Waals surface area contributed by atoms with Gasteiger partial charge in [0, 0.05) is 37.7 Å². The van der Waals surface area contributed by atoms with Gasteiger partial charge in [-0.15, -0.1) is 22.0 Å². The minimum absolute atomic E-state index is 0.0157. The molecular formula is C20H26N4OS. The summed E-state index contributed by atoms with van der Waals surface area (Å²) < 4.78 is 2.28. The third kappa shape index (κ3) is 3.65. The lowest BCUT2D eigenvalue weighted by Gasteiger charge is -2.33. The molecule has 1 aromatic heterocycles. The van der Waals surface area contributed by atoms with Crippen molar-refractivity contribution in [1.29, 1.82) is 0 Å². The quantitative estimate of drug-likeness (QED) is 0.811. The number of piperidine rings is 1. The monoisotopic (exact) mass is 370 g/mol. The average molecular weight is 371 g/mol. The number of carbonyl (C=O) groups excluding carboxylic acids is 1. The number of benzene rings is 1. The molecule has 4 rings (SSSR count). The molecule has 0 spiro atoms. The summed E-state index contributed by atoms with van der Waals surface area (Å²) in [5, 5.41) is 8.78. The minimum Gasteiger partial charge on any atom is -0.341 e. The number of amides is 1. The smallest absolute Gasteiger partial charge is 0.235 e. The molecule has 0 aliphatic carbocycles. The summed E-state index contributed by atoms with van der Waals surface area (Å²) in [5.74, 6) is 3.69. The zero-order chi connectivity index (χ0) is 17.9. The van der Waals surface area contributed by atoms with Gasteiger partial charge in [-0.05, 0) is 31.7 Å². The fourth-order valence-corrected chi connectivity index (χ4v) is 4.91. The van der Waals surface area contributed by atoms with E-state index in [9.17, 15) is 4.79 Å². The molecular weight excluding hydrogens is 344 g/mol. The van der Waals surface area contributed by atoms with Crippen molar-refractivity contribution in [3.8, 4) is 0 Å². The Morgan fingerprint density at radius 3 is 2.92 bits per heavy atom. The fourth-order valence-electron chi connectivity index (χ4n) is 3.99. The van der Waals surface area contributed by atoms with Gasteiger partial charge < -0.3 is 9.47 Å². The van der Waals surface area contributed by atoms with Crippen molar-refractivity contribution in [2.45, 2.75) is 56.1 Å². The Labute approximate surface area is 159 Å². The topological polar surface area (TPSA) is 51.0 Å². The summed E-state index contributed by atoms with van der Waals surface area (Å²) in [7, 11) is 0. The van der Waals surface area contributed by atoms with E-state index >= 15 is 0 Å². The van der Waals surface area contributed by atoms with Gasteiger partial charge >= 0.3 is 0 Å². The Morgan fingerprint density at radius 1 is 1.23 bits per heavy atom. The normalized spacial score (nSPS) is 20.8. The second-order valence-corrected chi connectivity index (χ2v) is 8.62. The molecule has 0 bridgehead atoms. The van der Waals surface area contributed by atoms with Crippen LogP contribution in [0, 0.1) is 0 Å². The number of thioether (sulfide) groups is 1. The molecule has 0 radical (unpaired) electrons. The number of aryl methyl sites for hydroxylation is 1. The molecule has 1 amide bonds. The lowest BCUT2D eigenvalue weighted by atomic mass is 9.97. The molecule has 3 heterocycles. The number of carbonyl (C=O) groups is 1. The number of likely N-dealkylation sites (tertiary alicyclic amines) is 1. The summed E-state index contributed by atoms with van der Waals surface area (Å²) >= 11 is 1.73. The summed E-state index contributed by atoms with van der Waals surface area (Å²) in [5.41, 5.74) is 1.27. The van der Waals surface area contributed by atoms with Crippen LogP contribution in [0.3, 0.4) is 0 Å². The molecule has 6 heteroatoms. The van der Waals surface area contributed by atoms with E-state index in [-0.39, 0.29) is 11.2 Å². The van der Waals surface area contributed by atoms with Crippen LogP contribution in [-0.4, -0.2) is 43.9 Å². The van der Waals surface area contributed by atoms with Crippen molar-refractivity contribution in [2.75, 3.05) is 13.1 Å². The van der Waals surface area contributed by atoms with E-state index in [1.807, 2.05) is 17.9 Å². The zero-order valence-electron chi connectivity index (χ0n) is 15.3. The third-order valence-electron chi connectivity index (χ3n) is 5.43. The molecule has 2 atom stereocenters. The average Bonchev–Trinajstić information content (AvgIpc) is 3.30. The van der Waals surface area contributed by atoms with Crippen LogP contribution in [0.5, 0.6) is 0 Å². The van der Waals surface area contributed by atoms with E-state index in [0.717, 1.165) is 56.3 Å². The summed E-state index contributed by atoms with van der Waals surface area (Å²) in [6.45, 7) is 4.72. The van der Waals surface area contributed by atoms with Crippen LogP contribution < -0.4 is 0 Å². The third-order valence-corrected chi connectivity index (χ3v) is 6.63. The van der Waals surface area contributed by atoms with Gasteiger partial charge in [0.2, 0.25) is 5.91 Å². The van der Waals surface area contributed by atoms with Gasteiger partial charge in [-0.1, -0.05) is 30.3 Å². The van der Waals surface area contributed by atoms with Crippen LogP contribution in [-0.2, 0) is 23.5 Å². The Bertz CT molecular complexity index is 760. The van der Waals surface area contributed by atoms with Crippen LogP contribution in [0.4, 0.5) is 0 Å². The van der Waals surface area contributed by atoms with Gasteiger partial charge in [0.1, 0.15) is 11.6 Å². The van der Waals surface area contributed by atoms with Gasteiger partial charge in [-0.25, -0.2) is 0 Å². The van der Waals surface area contributed by atoms with Gasteiger partial charge in [-0.2, -0.15) is 0 Å². The predicted molar refractivity (Wildman–Crippen MR) is 104 cm³/mol. The summed E-state index contributed by atoms with van der Waals surface area (Å²) in [6.07, 6.45) is 4.36. The first-order chi connectivity index (χ1) is 12.7. The number of fused-ring (bicyclic) bond motifs is 1. The maximum Gasteiger partial charge on any atom is 0.235 e. The molecule has 2 aliphatic heterocycles. The van der Waals surface area contributed by atoms with E-state index < -0.39 is 0 Å². The van der Waals surface area contributed by atoms with Crippen LogP contribution in [0.2, 0.25) is 0 Å². The van der Waals surface area contributed by atoms with E-state index in [1.54, 1.807) is 11.8 Å². The van der Waals surface area contributed by atoms with Crippen LogP contribution in [0.15, 0.2) is 30.3 Å². The molecule has 0 unspecified atom stereocenters. The lowest BCUT2D eigenvalue weighted by Crippen LogP contribution is -2.43. The number of rotatable bonds is 5. The van der Waals surface area contributed by atoms with E-state index in [0.29, 0.717) is 5.92 Å². The highest BCUT2D eigenvalue weighted by atomic mass is 32.2. The Balaban J connectivity index is 1.36. The van der Waals surface area contributed by atoms with Gasteiger partial charge in [-0.3, -0.25) is 4.79 Å². The van der Waals surface area contributed by atoms with Crippen molar-refractivity contribution >= 4 is 17.7 Å². The van der Waals surface area contributed by atoms with Crippen molar-refractivity contribution in [2.24, 2.45) is 0 Å². The van der Waals surface area contributed by atoms with E-state index in [1.165, 1.54) is 12.0 Å². The molecule has 2 aromatic rings. The summed E-state index contributed by atoms with van der Waals surface area (Å²) in [6, 6.07) is 10.4. The van der Waals surface area contributed by atoms with Gasteiger partial charge in [0.05, 0.1) is 5.25 Å². The molecule has 138 valence electrons. The highest BCUT2D eigenvalue weighted by molar-refractivity contribution is 7.99. The van der Waals surface area contributed by atoms with Crippen LogP contribution in [0.25, 0.3) is 0 Å². The number of nitrogens with zero attached hydrogens (tertiary/aromatic N) is 4. The van der Waals surface area contributed by atoms with Gasteiger partial charge in [0.25, 0.3) is 0 Å². The zero-order valence-corrected chi connectivity index (χ0v) is 16.1. The molecule has 2 aliphatic rings. The molecule has 0 saturated carbocycles. The fraction of sp³-hybridized carbons (Fsp3) is 0.550. The second kappa shape index (κ2) is 7.82. The molecule has 1 saturated heterocycles. The van der Waals surface area contributed by atoms with Crippen molar-refractivity contribution in [3.63, 3.8) is 0 Å². The lowest BCUT2D eigenvalue weighted by molar-refractivity contribution is -0.131. The number of hydrogen-bond acceptors (Lipinski definition) is 4. The van der Waals surface area contributed by atoms with Crippen molar-refractivity contribution in [1.82, 2.24) is 19.7 Å². The first-order valence-corrected chi connectivity index (χ1v) is 10.6. The minimum atomic E-state index is -0.0157. The van der Waals surface area contributed by atoms with E-state index in [4.69, 9.17) is 0 Å². The first-order valence-electron chi connectivity index (χ1n) is 9.58. The Hall–Kier alpha value is -1.82.